The summed E-state index contributed by atoms with van der Waals surface area (Å²) in [5.41, 5.74) is 0.789. The Hall–Kier alpha value is -3.59. The Balaban J connectivity index is 2.16. The summed E-state index contributed by atoms with van der Waals surface area (Å²) in [5.74, 6) is 1.16. The number of hydrogen-bond acceptors (Lipinski definition) is 6. The fourth-order valence-corrected chi connectivity index (χ4v) is 4.89. The van der Waals surface area contributed by atoms with Crippen LogP contribution in [0.5, 0.6) is 11.5 Å². The van der Waals surface area contributed by atoms with Gasteiger partial charge in [0.25, 0.3) is 15.7 Å². The lowest BCUT2D eigenvalue weighted by molar-refractivity contribution is -0.385. The number of nitrogens with zero attached hydrogens (tertiary/aromatic N) is 2. The van der Waals surface area contributed by atoms with E-state index < -0.39 is 21.0 Å². The summed E-state index contributed by atoms with van der Waals surface area (Å²) < 4.78 is 39.0. The maximum absolute atomic E-state index is 13.7. The molecule has 0 N–H and O–H groups in total. The van der Waals surface area contributed by atoms with E-state index in [1.807, 2.05) is 0 Å². The van der Waals surface area contributed by atoms with Crippen LogP contribution in [0.15, 0.2) is 77.7 Å². The van der Waals surface area contributed by atoms with E-state index in [1.165, 1.54) is 36.7 Å². The van der Waals surface area contributed by atoms with Crippen molar-refractivity contribution in [3.63, 3.8) is 0 Å². The number of methoxy groups -OCH3 is 2. The zero-order valence-electron chi connectivity index (χ0n) is 17.3. The van der Waals surface area contributed by atoms with E-state index in [0.29, 0.717) is 22.7 Å². The van der Waals surface area contributed by atoms with Crippen LogP contribution in [-0.2, 0) is 10.0 Å². The van der Waals surface area contributed by atoms with Crippen LogP contribution < -0.4 is 13.8 Å². The first-order valence-corrected chi connectivity index (χ1v) is 10.8. The molecule has 3 rings (SSSR count). The van der Waals surface area contributed by atoms with Crippen molar-refractivity contribution in [2.45, 2.75) is 17.9 Å². The highest BCUT2D eigenvalue weighted by molar-refractivity contribution is 7.92. The molecular formula is C22H22N2O6S. The van der Waals surface area contributed by atoms with Crippen LogP contribution >= 0.6 is 0 Å². The predicted molar refractivity (Wildman–Crippen MR) is 117 cm³/mol. The van der Waals surface area contributed by atoms with Crippen LogP contribution in [0.25, 0.3) is 0 Å². The summed E-state index contributed by atoms with van der Waals surface area (Å²) >= 11 is 0. The second-order valence-electron chi connectivity index (χ2n) is 6.71. The molecular weight excluding hydrogens is 420 g/mol. The molecule has 0 fully saturated rings. The molecule has 0 saturated carbocycles. The van der Waals surface area contributed by atoms with E-state index in [9.17, 15) is 18.5 Å². The van der Waals surface area contributed by atoms with Gasteiger partial charge in [0.1, 0.15) is 11.5 Å². The Kier molecular flexibility index (Phi) is 6.45. The Morgan fingerprint density at radius 2 is 1.55 bits per heavy atom. The molecule has 0 aliphatic rings. The summed E-state index contributed by atoms with van der Waals surface area (Å²) in [4.78, 5) is 10.4. The Morgan fingerprint density at radius 1 is 0.903 bits per heavy atom. The number of anilines is 1. The van der Waals surface area contributed by atoms with E-state index in [4.69, 9.17) is 9.47 Å². The highest BCUT2D eigenvalue weighted by Crippen LogP contribution is 2.35. The van der Waals surface area contributed by atoms with Crippen LogP contribution in [0, 0.1) is 10.1 Å². The van der Waals surface area contributed by atoms with Gasteiger partial charge < -0.3 is 9.47 Å². The molecule has 1 atom stereocenters. The van der Waals surface area contributed by atoms with Crippen molar-refractivity contribution < 1.29 is 22.8 Å². The third kappa shape index (κ3) is 4.61. The van der Waals surface area contributed by atoms with Crippen molar-refractivity contribution in [1.29, 1.82) is 0 Å². The molecule has 162 valence electrons. The largest absolute Gasteiger partial charge is 0.497 e. The maximum Gasteiger partial charge on any atom is 0.270 e. The van der Waals surface area contributed by atoms with Gasteiger partial charge in [-0.25, -0.2) is 8.42 Å². The zero-order chi connectivity index (χ0) is 22.6. The van der Waals surface area contributed by atoms with E-state index >= 15 is 0 Å². The summed E-state index contributed by atoms with van der Waals surface area (Å²) in [5, 5.41) is 11.2. The number of benzene rings is 3. The van der Waals surface area contributed by atoms with Gasteiger partial charge in [-0.3, -0.25) is 14.4 Å². The minimum absolute atomic E-state index is 0.174. The molecule has 3 aromatic carbocycles. The summed E-state index contributed by atoms with van der Waals surface area (Å²) in [6.45, 7) is 1.74. The Morgan fingerprint density at radius 3 is 2.16 bits per heavy atom. The highest BCUT2D eigenvalue weighted by Gasteiger charge is 2.31. The highest BCUT2D eigenvalue weighted by atomic mass is 32.2. The summed E-state index contributed by atoms with van der Waals surface area (Å²) in [6, 6.07) is 18.0. The van der Waals surface area contributed by atoms with Crippen molar-refractivity contribution >= 4 is 21.4 Å². The molecule has 31 heavy (non-hydrogen) atoms. The maximum atomic E-state index is 13.7. The van der Waals surface area contributed by atoms with Crippen LogP contribution in [0.1, 0.15) is 18.5 Å². The number of rotatable bonds is 8. The van der Waals surface area contributed by atoms with Crippen molar-refractivity contribution in [2.24, 2.45) is 0 Å². The molecule has 9 heteroatoms. The van der Waals surface area contributed by atoms with Crippen LogP contribution in [0.3, 0.4) is 0 Å². The number of nitro benzene ring substituents is 1. The van der Waals surface area contributed by atoms with Gasteiger partial charge in [0.2, 0.25) is 0 Å². The first-order valence-electron chi connectivity index (χ1n) is 9.35. The third-order valence-corrected chi connectivity index (χ3v) is 6.73. The molecule has 8 nitrogen and oxygen atoms in total. The fraction of sp³-hybridized carbons (Fsp3) is 0.182. The molecule has 0 heterocycles. The lowest BCUT2D eigenvalue weighted by Crippen LogP contribution is -2.33. The number of ether oxygens (including phenoxy) is 2. The number of hydrogen-bond donors (Lipinski definition) is 0. The number of nitro groups is 1. The predicted octanol–water partition coefficient (Wildman–Crippen LogP) is 4.57. The SMILES string of the molecule is COc1ccc(N(C(C)c2cccc(OC)c2)S(=O)(=O)c2cccc([N+](=O)[O-])c2)cc1. The van der Waals surface area contributed by atoms with Gasteiger partial charge in [-0.2, -0.15) is 0 Å². The molecule has 3 aromatic rings. The fourth-order valence-electron chi connectivity index (χ4n) is 3.21. The Bertz CT molecular complexity index is 1180. The molecule has 0 spiro atoms. The lowest BCUT2D eigenvalue weighted by Gasteiger charge is -2.31. The first-order chi connectivity index (χ1) is 14.8. The van der Waals surface area contributed by atoms with E-state index in [0.717, 1.165) is 6.07 Å². The zero-order valence-corrected chi connectivity index (χ0v) is 18.1. The normalized spacial score (nSPS) is 12.1. The third-order valence-electron chi connectivity index (χ3n) is 4.84. The summed E-state index contributed by atoms with van der Waals surface area (Å²) in [7, 11) is -1.10. The van der Waals surface area contributed by atoms with Crippen LogP contribution in [-0.4, -0.2) is 27.6 Å². The number of non-ortho nitro benzene ring substituents is 1. The smallest absolute Gasteiger partial charge is 0.270 e. The molecule has 0 aliphatic carbocycles. The average Bonchev–Trinajstić information content (AvgIpc) is 2.79. The topological polar surface area (TPSA) is 99.0 Å². The standard InChI is InChI=1S/C22H22N2O6S/c1-16(17-6-4-8-21(14-17)30-3)23(18-10-12-20(29-2)13-11-18)31(27,28)22-9-5-7-19(15-22)24(25)26/h4-16H,1-3H3. The monoisotopic (exact) mass is 442 g/mol. The lowest BCUT2D eigenvalue weighted by atomic mass is 10.1. The second-order valence-corrected chi connectivity index (χ2v) is 8.52. The van der Waals surface area contributed by atoms with Gasteiger partial charge in [0.15, 0.2) is 0 Å². The molecule has 0 aliphatic heterocycles. The van der Waals surface area contributed by atoms with Gasteiger partial charge in [0.05, 0.1) is 35.8 Å². The van der Waals surface area contributed by atoms with Crippen molar-refractivity contribution in [3.8, 4) is 11.5 Å². The van der Waals surface area contributed by atoms with Crippen molar-refractivity contribution in [2.75, 3.05) is 18.5 Å². The Labute approximate surface area is 180 Å². The molecule has 0 bridgehead atoms. The summed E-state index contributed by atoms with van der Waals surface area (Å²) in [6.07, 6.45) is 0. The van der Waals surface area contributed by atoms with Gasteiger partial charge >= 0.3 is 0 Å². The van der Waals surface area contributed by atoms with Crippen LogP contribution in [0.2, 0.25) is 0 Å². The van der Waals surface area contributed by atoms with E-state index in [2.05, 4.69) is 0 Å². The van der Waals surface area contributed by atoms with Crippen molar-refractivity contribution in [1.82, 2.24) is 0 Å². The molecule has 0 radical (unpaired) electrons. The van der Waals surface area contributed by atoms with Gasteiger partial charge in [-0.15, -0.1) is 0 Å². The van der Waals surface area contributed by atoms with E-state index in [1.54, 1.807) is 55.5 Å². The van der Waals surface area contributed by atoms with Gasteiger partial charge in [0, 0.05) is 12.1 Å². The quantitative estimate of drug-likeness (QED) is 0.374. The van der Waals surface area contributed by atoms with Gasteiger partial charge in [-0.1, -0.05) is 18.2 Å². The van der Waals surface area contributed by atoms with Crippen molar-refractivity contribution in [3.05, 3.63) is 88.5 Å². The minimum atomic E-state index is -4.15. The number of sulfonamides is 1. The first kappa shape index (κ1) is 22.1. The average molecular weight is 442 g/mol. The molecule has 0 saturated heterocycles. The van der Waals surface area contributed by atoms with Gasteiger partial charge in [-0.05, 0) is 55.0 Å². The van der Waals surface area contributed by atoms with Crippen LogP contribution in [0.4, 0.5) is 11.4 Å². The molecule has 0 amide bonds. The minimum Gasteiger partial charge on any atom is -0.497 e. The second kappa shape index (κ2) is 9.05. The molecule has 0 aromatic heterocycles. The molecule has 1 unspecified atom stereocenters. The van der Waals surface area contributed by atoms with E-state index in [-0.39, 0.29) is 10.6 Å².